The van der Waals surface area contributed by atoms with Crippen molar-refractivity contribution in [1.29, 1.82) is 0 Å². The van der Waals surface area contributed by atoms with Gasteiger partial charge in [0.1, 0.15) is 6.10 Å². The summed E-state index contributed by atoms with van der Waals surface area (Å²) in [5, 5.41) is 8.24. The standard InChI is InChI=1S/C3H6N2O/c1-3(6)2-5-4/h2-3,6H,1H3. The van der Waals surface area contributed by atoms with Gasteiger partial charge in [-0.3, -0.25) is 0 Å². The van der Waals surface area contributed by atoms with Crippen LogP contribution in [0.4, 0.5) is 0 Å². The molecule has 0 spiro atoms. The predicted molar refractivity (Wildman–Crippen MR) is 21.4 cm³/mol. The van der Waals surface area contributed by atoms with Gasteiger partial charge >= 0.3 is 0 Å². The van der Waals surface area contributed by atoms with Crippen LogP contribution in [0.2, 0.25) is 0 Å². The van der Waals surface area contributed by atoms with Crippen LogP contribution in [-0.2, 0) is 0 Å². The number of aliphatic hydroxyl groups excluding tert-OH is 1. The Bertz CT molecular complexity index is 72.9. The van der Waals surface area contributed by atoms with E-state index in [4.69, 9.17) is 10.6 Å². The summed E-state index contributed by atoms with van der Waals surface area (Å²) in [6.45, 7) is 1.50. The minimum absolute atomic E-state index is 0.644. The number of hydrogen-bond acceptors (Lipinski definition) is 1. The molecule has 0 aliphatic rings. The van der Waals surface area contributed by atoms with E-state index >= 15 is 0 Å². The lowest BCUT2D eigenvalue weighted by molar-refractivity contribution is -0.00883. The van der Waals surface area contributed by atoms with Gasteiger partial charge in [-0.1, -0.05) is 0 Å². The molecule has 0 saturated carbocycles. The van der Waals surface area contributed by atoms with Crippen molar-refractivity contribution in [3.63, 3.8) is 0 Å². The van der Waals surface area contributed by atoms with E-state index in [1.807, 2.05) is 0 Å². The van der Waals surface area contributed by atoms with E-state index in [0.717, 1.165) is 6.21 Å². The highest BCUT2D eigenvalue weighted by molar-refractivity contribution is 5.55. The molecular weight excluding hydrogens is 80.0 g/mol. The summed E-state index contributed by atoms with van der Waals surface area (Å²) in [5.41, 5.74) is 7.65. The monoisotopic (exact) mass is 86.0 g/mol. The molecule has 0 radical (unpaired) electrons. The maximum absolute atomic E-state index is 8.24. The molecule has 1 N–H and O–H groups in total. The second-order valence-corrected chi connectivity index (χ2v) is 1.01. The van der Waals surface area contributed by atoms with E-state index < -0.39 is 6.10 Å². The second kappa shape index (κ2) is 2.57. The number of aliphatic hydroxyl groups is 1. The lowest BCUT2D eigenvalue weighted by Crippen LogP contribution is -1.99. The fraction of sp³-hybridized carbons (Fsp3) is 0.667. The van der Waals surface area contributed by atoms with Crippen LogP contribution in [0.3, 0.4) is 0 Å². The summed E-state index contributed by atoms with van der Waals surface area (Å²) in [6, 6.07) is 0. The van der Waals surface area contributed by atoms with Gasteiger partial charge in [-0.05, 0) is 6.92 Å². The van der Waals surface area contributed by atoms with Gasteiger partial charge in [-0.2, -0.15) is 4.79 Å². The van der Waals surface area contributed by atoms with Gasteiger partial charge in [0.2, 0.25) is 0 Å². The highest BCUT2D eigenvalue weighted by Gasteiger charge is 1.88. The molecule has 0 aliphatic heterocycles. The topological polar surface area (TPSA) is 56.6 Å². The minimum Gasteiger partial charge on any atom is -0.382 e. The van der Waals surface area contributed by atoms with Gasteiger partial charge in [-0.25, -0.2) is 0 Å². The van der Waals surface area contributed by atoms with Gasteiger partial charge in [0.05, 0.1) is 0 Å². The maximum atomic E-state index is 8.24. The summed E-state index contributed by atoms with van der Waals surface area (Å²) in [7, 11) is 0. The van der Waals surface area contributed by atoms with Crippen LogP contribution in [0, 0.1) is 0 Å². The summed E-state index contributed by atoms with van der Waals surface area (Å²) in [6.07, 6.45) is 0.384. The molecule has 0 aromatic carbocycles. The second-order valence-electron chi connectivity index (χ2n) is 1.01. The number of rotatable bonds is 1. The van der Waals surface area contributed by atoms with Crippen molar-refractivity contribution < 1.29 is 9.90 Å². The Kier molecular flexibility index (Phi) is 2.29. The van der Waals surface area contributed by atoms with Gasteiger partial charge in [0.25, 0.3) is 6.21 Å². The molecule has 0 aliphatic carbocycles. The minimum atomic E-state index is -0.644. The average molecular weight is 86.1 g/mol. The van der Waals surface area contributed by atoms with Crippen LogP contribution in [0.5, 0.6) is 0 Å². The molecule has 0 heterocycles. The first kappa shape index (κ1) is 5.34. The highest BCUT2D eigenvalue weighted by Crippen LogP contribution is 1.63. The van der Waals surface area contributed by atoms with Crippen LogP contribution in [0.25, 0.3) is 5.53 Å². The quantitative estimate of drug-likeness (QED) is 0.265. The van der Waals surface area contributed by atoms with Crippen molar-refractivity contribution in [3.05, 3.63) is 5.53 Å². The van der Waals surface area contributed by atoms with E-state index in [0.29, 0.717) is 0 Å². The van der Waals surface area contributed by atoms with E-state index in [2.05, 4.69) is 4.79 Å². The van der Waals surface area contributed by atoms with Crippen molar-refractivity contribution in [3.8, 4) is 0 Å². The van der Waals surface area contributed by atoms with Gasteiger partial charge in [-0.15, -0.1) is 0 Å². The van der Waals surface area contributed by atoms with Crippen LogP contribution in [0.15, 0.2) is 0 Å². The zero-order chi connectivity index (χ0) is 4.99. The predicted octanol–water partition coefficient (Wildman–Crippen LogP) is -0.332. The number of nitrogens with zero attached hydrogens (tertiary/aromatic N) is 2. The third-order valence-electron chi connectivity index (χ3n) is 0.282. The third-order valence-corrected chi connectivity index (χ3v) is 0.282. The Hall–Kier alpha value is -0.660. The highest BCUT2D eigenvalue weighted by atomic mass is 16.3. The molecule has 0 rings (SSSR count). The van der Waals surface area contributed by atoms with Crippen molar-refractivity contribution in [2.24, 2.45) is 0 Å². The molecule has 0 aromatic rings. The molecule has 0 fully saturated rings. The van der Waals surface area contributed by atoms with E-state index in [-0.39, 0.29) is 0 Å². The Morgan fingerprint density at radius 2 is 2.50 bits per heavy atom. The van der Waals surface area contributed by atoms with Gasteiger partial charge in [0, 0.05) is 0 Å². The Labute approximate surface area is 35.8 Å². The summed E-state index contributed by atoms with van der Waals surface area (Å²) >= 11 is 0. The molecule has 1 unspecified atom stereocenters. The largest absolute Gasteiger partial charge is 0.382 e. The molecule has 3 heteroatoms. The first-order valence-electron chi connectivity index (χ1n) is 1.63. The number of hydrogen-bond donors (Lipinski definition) is 1. The normalized spacial score (nSPS) is 12.3. The lowest BCUT2D eigenvalue weighted by Gasteiger charge is -1.76. The molecular formula is C3H6N2O. The lowest BCUT2D eigenvalue weighted by atomic mass is 10.5. The smallest absolute Gasteiger partial charge is 0.285 e. The van der Waals surface area contributed by atoms with Crippen LogP contribution in [-0.4, -0.2) is 22.2 Å². The zero-order valence-electron chi connectivity index (χ0n) is 3.50. The van der Waals surface area contributed by atoms with Crippen molar-refractivity contribution in [2.75, 3.05) is 0 Å². The molecule has 1 atom stereocenters. The summed E-state index contributed by atoms with van der Waals surface area (Å²) < 4.78 is 0. The molecule has 0 aromatic heterocycles. The van der Waals surface area contributed by atoms with Crippen LogP contribution in [0.1, 0.15) is 6.92 Å². The summed E-state index contributed by atoms with van der Waals surface area (Å²) in [4.78, 5) is 2.56. The fourth-order valence-corrected chi connectivity index (χ4v) is 0.0965. The maximum Gasteiger partial charge on any atom is 0.285 e. The molecule has 34 valence electrons. The van der Waals surface area contributed by atoms with Gasteiger partial charge < -0.3 is 10.6 Å². The molecule has 0 bridgehead atoms. The van der Waals surface area contributed by atoms with Crippen LogP contribution < -0.4 is 0 Å². The first-order chi connectivity index (χ1) is 2.77. The SMILES string of the molecule is CC(O)C=[N+]=[N-]. The van der Waals surface area contributed by atoms with Crippen molar-refractivity contribution >= 4 is 6.21 Å². The van der Waals surface area contributed by atoms with E-state index in [1.165, 1.54) is 6.92 Å². The molecule has 6 heavy (non-hydrogen) atoms. The molecule has 3 nitrogen and oxygen atoms in total. The Morgan fingerprint density at radius 1 is 2.00 bits per heavy atom. The Balaban J connectivity index is 3.29. The van der Waals surface area contributed by atoms with Crippen molar-refractivity contribution in [2.45, 2.75) is 13.0 Å². The fourth-order valence-electron chi connectivity index (χ4n) is 0.0965. The third kappa shape index (κ3) is 3.34. The molecule has 0 saturated heterocycles. The zero-order valence-corrected chi connectivity index (χ0v) is 3.50. The Morgan fingerprint density at radius 3 is 2.50 bits per heavy atom. The van der Waals surface area contributed by atoms with Gasteiger partial charge in [0.15, 0.2) is 0 Å². The van der Waals surface area contributed by atoms with E-state index in [9.17, 15) is 0 Å². The molecule has 0 amide bonds. The average Bonchev–Trinajstić information content (AvgIpc) is 1.35. The summed E-state index contributed by atoms with van der Waals surface area (Å²) in [5.74, 6) is 0. The first-order valence-corrected chi connectivity index (χ1v) is 1.63. The van der Waals surface area contributed by atoms with Crippen molar-refractivity contribution in [1.82, 2.24) is 0 Å². The van der Waals surface area contributed by atoms with E-state index in [1.54, 1.807) is 0 Å². The van der Waals surface area contributed by atoms with Crippen LogP contribution >= 0.6 is 0 Å².